The summed E-state index contributed by atoms with van der Waals surface area (Å²) in [6, 6.07) is 5.62. The van der Waals surface area contributed by atoms with E-state index < -0.39 is 0 Å². The average molecular weight is 345 g/mol. The van der Waals surface area contributed by atoms with Crippen molar-refractivity contribution in [1.29, 1.82) is 0 Å². The van der Waals surface area contributed by atoms with E-state index in [1.165, 1.54) is 19.3 Å². The van der Waals surface area contributed by atoms with Crippen molar-refractivity contribution < 1.29 is 4.79 Å². The van der Waals surface area contributed by atoms with Gasteiger partial charge in [-0.05, 0) is 37.0 Å². The number of carbonyl (C=O) groups is 1. The molecule has 2 nitrogen and oxygen atoms in total. The number of amides is 1. The van der Waals surface area contributed by atoms with Crippen LogP contribution in [0.2, 0.25) is 5.02 Å². The minimum atomic E-state index is -0.0199. The van der Waals surface area contributed by atoms with Gasteiger partial charge in [-0.3, -0.25) is 4.79 Å². The molecule has 1 N–H and O–H groups in total. The van der Waals surface area contributed by atoms with Gasteiger partial charge >= 0.3 is 0 Å². The molecule has 0 radical (unpaired) electrons. The summed E-state index contributed by atoms with van der Waals surface area (Å²) in [5, 5.41) is 3.75. The molecule has 0 spiro atoms. The smallest absolute Gasteiger partial charge is 0.251 e. The summed E-state index contributed by atoms with van der Waals surface area (Å²) in [5.74, 6) is 0.592. The van der Waals surface area contributed by atoms with Gasteiger partial charge in [-0.15, -0.1) is 0 Å². The molecule has 0 aromatic heterocycles. The van der Waals surface area contributed by atoms with Crippen LogP contribution in [0.25, 0.3) is 0 Å². The van der Waals surface area contributed by atoms with E-state index in [1.54, 1.807) is 12.1 Å². The molecule has 1 aliphatic carbocycles. The Hall–Kier alpha value is -0.540. The van der Waals surface area contributed by atoms with Crippen LogP contribution in [-0.4, -0.2) is 11.9 Å². The molecule has 1 fully saturated rings. The zero-order chi connectivity index (χ0) is 13.8. The summed E-state index contributed by atoms with van der Waals surface area (Å²) < 4.78 is 0.834. The fraction of sp³-hybridized carbons (Fsp3) is 0.533. The minimum absolute atomic E-state index is 0.0199. The summed E-state index contributed by atoms with van der Waals surface area (Å²) >= 11 is 9.35. The third kappa shape index (κ3) is 3.96. The Morgan fingerprint density at radius 1 is 1.37 bits per heavy atom. The Morgan fingerprint density at radius 3 is 2.79 bits per heavy atom. The Morgan fingerprint density at radius 2 is 2.11 bits per heavy atom. The standard InChI is InChI=1S/C15H19BrClNO/c1-2-10-5-3-4-6-14(10)18-15(19)11-7-12(16)9-13(17)8-11/h7-10,14H,2-6H2,1H3,(H,18,19). The van der Waals surface area contributed by atoms with Gasteiger partial charge in [0.15, 0.2) is 0 Å². The van der Waals surface area contributed by atoms with E-state index in [0.717, 1.165) is 17.3 Å². The van der Waals surface area contributed by atoms with Gasteiger partial charge in [0.1, 0.15) is 0 Å². The molecule has 2 unspecified atom stereocenters. The highest BCUT2D eigenvalue weighted by molar-refractivity contribution is 9.10. The summed E-state index contributed by atoms with van der Waals surface area (Å²) in [6.45, 7) is 2.20. The summed E-state index contributed by atoms with van der Waals surface area (Å²) in [4.78, 5) is 12.3. The molecule has 1 aromatic rings. The van der Waals surface area contributed by atoms with E-state index in [4.69, 9.17) is 11.6 Å². The van der Waals surface area contributed by atoms with Crippen LogP contribution >= 0.6 is 27.5 Å². The van der Waals surface area contributed by atoms with Crippen LogP contribution in [0.15, 0.2) is 22.7 Å². The number of carbonyl (C=O) groups excluding carboxylic acids is 1. The highest BCUT2D eigenvalue weighted by atomic mass is 79.9. The second-order valence-electron chi connectivity index (χ2n) is 5.19. The lowest BCUT2D eigenvalue weighted by Crippen LogP contribution is -2.41. The molecule has 1 saturated carbocycles. The molecule has 0 bridgehead atoms. The first-order valence-electron chi connectivity index (χ1n) is 6.87. The number of rotatable bonds is 3. The normalized spacial score (nSPS) is 23.1. The Bertz CT molecular complexity index is 443. The monoisotopic (exact) mass is 343 g/mol. The average Bonchev–Trinajstić information content (AvgIpc) is 2.38. The topological polar surface area (TPSA) is 29.1 Å². The van der Waals surface area contributed by atoms with E-state index in [0.29, 0.717) is 22.5 Å². The van der Waals surface area contributed by atoms with Gasteiger partial charge in [-0.2, -0.15) is 0 Å². The number of nitrogens with one attached hydrogen (secondary N) is 1. The first-order chi connectivity index (χ1) is 9.10. The van der Waals surface area contributed by atoms with E-state index in [2.05, 4.69) is 28.2 Å². The molecular weight excluding hydrogens is 326 g/mol. The Kier molecular flexibility index (Phi) is 5.28. The van der Waals surface area contributed by atoms with Gasteiger partial charge in [0, 0.05) is 21.1 Å². The third-order valence-corrected chi connectivity index (χ3v) is 4.55. The minimum Gasteiger partial charge on any atom is -0.349 e. The summed E-state index contributed by atoms with van der Waals surface area (Å²) in [5.41, 5.74) is 0.625. The van der Waals surface area contributed by atoms with Crippen molar-refractivity contribution in [3.63, 3.8) is 0 Å². The molecule has 19 heavy (non-hydrogen) atoms. The van der Waals surface area contributed by atoms with Crippen LogP contribution in [0.3, 0.4) is 0 Å². The van der Waals surface area contributed by atoms with Crippen LogP contribution in [0, 0.1) is 5.92 Å². The molecule has 0 aliphatic heterocycles. The van der Waals surface area contributed by atoms with Crippen molar-refractivity contribution in [3.05, 3.63) is 33.3 Å². The molecule has 1 aliphatic rings. The van der Waals surface area contributed by atoms with E-state index in [9.17, 15) is 4.79 Å². The maximum atomic E-state index is 12.3. The number of hydrogen-bond acceptors (Lipinski definition) is 1. The predicted octanol–water partition coefficient (Wildman–Crippen LogP) is 4.80. The Labute approximate surface area is 128 Å². The molecule has 2 atom stereocenters. The number of hydrogen-bond donors (Lipinski definition) is 1. The van der Waals surface area contributed by atoms with Crippen LogP contribution in [0.5, 0.6) is 0 Å². The van der Waals surface area contributed by atoms with Crippen LogP contribution in [0.4, 0.5) is 0 Å². The first kappa shape index (κ1) is 14.9. The Balaban J connectivity index is 2.07. The van der Waals surface area contributed by atoms with Gasteiger partial charge in [0.2, 0.25) is 0 Å². The molecule has 0 saturated heterocycles. The van der Waals surface area contributed by atoms with Crippen molar-refractivity contribution >= 4 is 33.4 Å². The van der Waals surface area contributed by atoms with Crippen LogP contribution < -0.4 is 5.32 Å². The largest absolute Gasteiger partial charge is 0.349 e. The fourth-order valence-electron chi connectivity index (χ4n) is 2.82. The van der Waals surface area contributed by atoms with E-state index >= 15 is 0 Å². The molecule has 1 aromatic carbocycles. The molecule has 2 rings (SSSR count). The molecular formula is C15H19BrClNO. The van der Waals surface area contributed by atoms with Crippen LogP contribution in [-0.2, 0) is 0 Å². The molecule has 0 heterocycles. The zero-order valence-electron chi connectivity index (χ0n) is 11.1. The van der Waals surface area contributed by atoms with E-state index in [1.807, 2.05) is 6.07 Å². The lowest BCUT2D eigenvalue weighted by Gasteiger charge is -2.31. The van der Waals surface area contributed by atoms with Crippen molar-refractivity contribution in [2.45, 2.75) is 45.1 Å². The molecule has 104 valence electrons. The van der Waals surface area contributed by atoms with E-state index in [-0.39, 0.29) is 5.91 Å². The maximum Gasteiger partial charge on any atom is 0.251 e. The van der Waals surface area contributed by atoms with Gasteiger partial charge in [-0.1, -0.05) is 53.7 Å². The lowest BCUT2D eigenvalue weighted by atomic mass is 9.83. The molecule has 4 heteroatoms. The second-order valence-corrected chi connectivity index (χ2v) is 6.54. The zero-order valence-corrected chi connectivity index (χ0v) is 13.4. The number of benzene rings is 1. The van der Waals surface area contributed by atoms with Crippen molar-refractivity contribution in [2.75, 3.05) is 0 Å². The third-order valence-electron chi connectivity index (χ3n) is 3.87. The van der Waals surface area contributed by atoms with Crippen molar-refractivity contribution in [1.82, 2.24) is 5.32 Å². The van der Waals surface area contributed by atoms with Crippen molar-refractivity contribution in [3.8, 4) is 0 Å². The van der Waals surface area contributed by atoms with Gasteiger partial charge in [-0.25, -0.2) is 0 Å². The van der Waals surface area contributed by atoms with Gasteiger partial charge in [0.25, 0.3) is 5.91 Å². The van der Waals surface area contributed by atoms with Crippen molar-refractivity contribution in [2.24, 2.45) is 5.92 Å². The quantitative estimate of drug-likeness (QED) is 0.838. The highest BCUT2D eigenvalue weighted by Crippen LogP contribution is 2.27. The van der Waals surface area contributed by atoms with Gasteiger partial charge in [0.05, 0.1) is 0 Å². The number of halogens is 2. The summed E-state index contributed by atoms with van der Waals surface area (Å²) in [7, 11) is 0. The lowest BCUT2D eigenvalue weighted by molar-refractivity contribution is 0.0904. The SMILES string of the molecule is CCC1CCCCC1NC(=O)c1cc(Cl)cc(Br)c1. The first-order valence-corrected chi connectivity index (χ1v) is 8.04. The van der Waals surface area contributed by atoms with Crippen LogP contribution in [0.1, 0.15) is 49.4 Å². The summed E-state index contributed by atoms with van der Waals surface area (Å²) in [6.07, 6.45) is 5.94. The predicted molar refractivity (Wildman–Crippen MR) is 82.7 cm³/mol. The van der Waals surface area contributed by atoms with Gasteiger partial charge < -0.3 is 5.32 Å². The highest BCUT2D eigenvalue weighted by Gasteiger charge is 2.25. The molecule has 1 amide bonds. The second kappa shape index (κ2) is 6.76. The maximum absolute atomic E-state index is 12.3. The fourth-order valence-corrected chi connectivity index (χ4v) is 3.68.